The van der Waals surface area contributed by atoms with Crippen LogP contribution >= 0.6 is 11.8 Å². The second-order valence-electron chi connectivity index (χ2n) is 8.27. The maximum Gasteiger partial charge on any atom is 0.254 e. The minimum atomic E-state index is 0.0174. The highest BCUT2D eigenvalue weighted by atomic mass is 32.2. The molecular formula is C25H31N5O3S. The van der Waals surface area contributed by atoms with Crippen molar-refractivity contribution in [2.24, 2.45) is 0 Å². The molecule has 1 aliphatic heterocycles. The molecule has 3 aromatic rings. The number of H-pyrrole nitrogens is 1. The molecule has 0 radical (unpaired) electrons. The molecule has 0 saturated carbocycles. The molecule has 2 amide bonds. The first kappa shape index (κ1) is 24.3. The van der Waals surface area contributed by atoms with Crippen LogP contribution in [0.2, 0.25) is 0 Å². The van der Waals surface area contributed by atoms with E-state index in [2.05, 4.69) is 20.2 Å². The molecule has 1 aliphatic rings. The van der Waals surface area contributed by atoms with Crippen molar-refractivity contribution in [2.45, 2.75) is 17.3 Å². The molecule has 180 valence electrons. The van der Waals surface area contributed by atoms with Gasteiger partial charge in [-0.2, -0.15) is 0 Å². The topological polar surface area (TPSA) is 90.6 Å². The number of piperazine rings is 1. The number of methoxy groups -OCH3 is 1. The Morgan fingerprint density at radius 3 is 2.65 bits per heavy atom. The number of amides is 2. The number of nitrogens with one attached hydrogen (secondary N) is 2. The number of thioether (sulfide) groups is 1. The van der Waals surface area contributed by atoms with Gasteiger partial charge in [-0.05, 0) is 30.2 Å². The van der Waals surface area contributed by atoms with E-state index in [0.29, 0.717) is 51.6 Å². The van der Waals surface area contributed by atoms with Gasteiger partial charge in [-0.15, -0.1) is 0 Å². The molecule has 1 saturated heterocycles. The lowest BCUT2D eigenvalue weighted by atomic mass is 10.1. The molecule has 2 N–H and O–H groups in total. The molecular weight excluding hydrogens is 450 g/mol. The van der Waals surface area contributed by atoms with Crippen LogP contribution < -0.4 is 5.32 Å². The summed E-state index contributed by atoms with van der Waals surface area (Å²) in [4.78, 5) is 37.3. The highest BCUT2D eigenvalue weighted by Gasteiger charge is 2.24. The third-order valence-corrected chi connectivity index (χ3v) is 6.78. The number of ether oxygens (including phenoxy) is 1. The third-order valence-electron chi connectivity index (χ3n) is 5.85. The third kappa shape index (κ3) is 6.37. The number of hydrogen-bond donors (Lipinski definition) is 2. The van der Waals surface area contributed by atoms with Crippen LogP contribution in [0.25, 0.3) is 11.0 Å². The molecule has 0 atom stereocenters. The minimum absolute atomic E-state index is 0.0174. The number of aromatic amines is 1. The second kappa shape index (κ2) is 12.0. The summed E-state index contributed by atoms with van der Waals surface area (Å²) in [5.41, 5.74) is 3.68. The summed E-state index contributed by atoms with van der Waals surface area (Å²) in [6, 6.07) is 15.7. The van der Waals surface area contributed by atoms with Gasteiger partial charge in [0.25, 0.3) is 5.91 Å². The number of para-hydroxylation sites is 2. The van der Waals surface area contributed by atoms with Crippen LogP contribution in [0.15, 0.2) is 53.7 Å². The zero-order chi connectivity index (χ0) is 23.8. The zero-order valence-corrected chi connectivity index (χ0v) is 20.3. The van der Waals surface area contributed by atoms with Crippen LogP contribution in [-0.2, 0) is 15.3 Å². The first-order chi connectivity index (χ1) is 16.6. The van der Waals surface area contributed by atoms with E-state index in [1.807, 2.05) is 53.4 Å². The van der Waals surface area contributed by atoms with Crippen molar-refractivity contribution in [3.8, 4) is 0 Å². The average molecular weight is 482 g/mol. The van der Waals surface area contributed by atoms with Gasteiger partial charge in [-0.25, -0.2) is 4.98 Å². The van der Waals surface area contributed by atoms with Crippen molar-refractivity contribution in [1.82, 2.24) is 25.1 Å². The number of imidazole rings is 1. The second-order valence-corrected chi connectivity index (χ2v) is 9.23. The lowest BCUT2D eigenvalue weighted by Crippen LogP contribution is -2.51. The van der Waals surface area contributed by atoms with E-state index in [4.69, 9.17) is 4.74 Å². The number of carbonyl (C=O) groups excluding carboxylic acids is 2. The predicted molar refractivity (Wildman–Crippen MR) is 134 cm³/mol. The molecule has 0 unspecified atom stereocenters. The van der Waals surface area contributed by atoms with E-state index in [0.717, 1.165) is 33.7 Å². The van der Waals surface area contributed by atoms with E-state index in [1.165, 1.54) is 0 Å². The van der Waals surface area contributed by atoms with Crippen LogP contribution in [0.5, 0.6) is 0 Å². The van der Waals surface area contributed by atoms with Gasteiger partial charge in [-0.3, -0.25) is 14.5 Å². The first-order valence-corrected chi connectivity index (χ1v) is 12.6. The van der Waals surface area contributed by atoms with Crippen LogP contribution in [0.3, 0.4) is 0 Å². The van der Waals surface area contributed by atoms with Crippen molar-refractivity contribution in [3.05, 3.63) is 59.7 Å². The zero-order valence-electron chi connectivity index (χ0n) is 19.5. The summed E-state index contributed by atoms with van der Waals surface area (Å²) < 4.78 is 5.00. The van der Waals surface area contributed by atoms with Gasteiger partial charge in [0.1, 0.15) is 0 Å². The van der Waals surface area contributed by atoms with Gasteiger partial charge >= 0.3 is 0 Å². The normalized spacial score (nSPS) is 14.4. The number of fused-ring (bicyclic) bond motifs is 1. The lowest BCUT2D eigenvalue weighted by Gasteiger charge is -2.34. The number of carbonyl (C=O) groups is 2. The van der Waals surface area contributed by atoms with Crippen molar-refractivity contribution in [3.63, 3.8) is 0 Å². The Hall–Kier alpha value is -2.88. The monoisotopic (exact) mass is 481 g/mol. The highest BCUT2D eigenvalue weighted by molar-refractivity contribution is 7.98. The van der Waals surface area contributed by atoms with E-state index in [9.17, 15) is 9.59 Å². The molecule has 34 heavy (non-hydrogen) atoms. The Balaban J connectivity index is 1.29. The first-order valence-electron chi connectivity index (χ1n) is 11.6. The van der Waals surface area contributed by atoms with Crippen molar-refractivity contribution >= 4 is 34.6 Å². The summed E-state index contributed by atoms with van der Waals surface area (Å²) >= 11 is 1.60. The van der Waals surface area contributed by atoms with E-state index >= 15 is 0 Å². The SMILES string of the molecule is COCCCNC(=O)CN1CCN(C(=O)c2ccccc2CSc2nc3ccccc3[nH]2)CC1. The molecule has 0 bridgehead atoms. The van der Waals surface area contributed by atoms with E-state index < -0.39 is 0 Å². The molecule has 0 spiro atoms. The number of rotatable bonds is 10. The van der Waals surface area contributed by atoms with E-state index in [-0.39, 0.29) is 11.8 Å². The molecule has 8 nitrogen and oxygen atoms in total. The summed E-state index contributed by atoms with van der Waals surface area (Å²) in [7, 11) is 1.65. The molecule has 2 aromatic carbocycles. The summed E-state index contributed by atoms with van der Waals surface area (Å²) in [6.45, 7) is 4.22. The Labute approximate surface area is 204 Å². The maximum atomic E-state index is 13.3. The molecule has 1 aromatic heterocycles. The largest absolute Gasteiger partial charge is 0.385 e. The molecule has 0 aliphatic carbocycles. The van der Waals surface area contributed by atoms with Gasteiger partial charge in [-0.1, -0.05) is 42.1 Å². The fraction of sp³-hybridized carbons (Fsp3) is 0.400. The number of benzene rings is 2. The van der Waals surface area contributed by atoms with Crippen LogP contribution in [0.1, 0.15) is 22.3 Å². The van der Waals surface area contributed by atoms with Gasteiger partial charge < -0.3 is 19.9 Å². The van der Waals surface area contributed by atoms with Crippen molar-refractivity contribution in [1.29, 1.82) is 0 Å². The minimum Gasteiger partial charge on any atom is -0.385 e. The number of aromatic nitrogens is 2. The van der Waals surface area contributed by atoms with Gasteiger partial charge in [0, 0.05) is 57.8 Å². The number of nitrogens with zero attached hydrogens (tertiary/aromatic N) is 3. The Morgan fingerprint density at radius 2 is 1.85 bits per heavy atom. The standard InChI is InChI=1S/C25H31N5O3S/c1-33-16-6-11-26-23(31)17-29-12-14-30(15-13-29)24(32)20-8-3-2-7-19(20)18-34-25-27-21-9-4-5-10-22(21)28-25/h2-5,7-10H,6,11-18H2,1H3,(H,26,31)(H,27,28). The van der Waals surface area contributed by atoms with Crippen molar-refractivity contribution in [2.75, 3.05) is 53.0 Å². The van der Waals surface area contributed by atoms with Crippen LogP contribution in [-0.4, -0.2) is 84.6 Å². The Bertz CT molecular complexity index is 1080. The molecule has 1 fully saturated rings. The summed E-state index contributed by atoms with van der Waals surface area (Å²) in [6.07, 6.45) is 0.804. The molecule has 4 rings (SSSR count). The lowest BCUT2D eigenvalue weighted by molar-refractivity contribution is -0.122. The van der Waals surface area contributed by atoms with Crippen LogP contribution in [0, 0.1) is 0 Å². The average Bonchev–Trinajstić information content (AvgIpc) is 3.29. The van der Waals surface area contributed by atoms with Crippen molar-refractivity contribution < 1.29 is 14.3 Å². The van der Waals surface area contributed by atoms with E-state index in [1.54, 1.807) is 18.9 Å². The fourth-order valence-corrected chi connectivity index (χ4v) is 4.87. The molecule has 2 heterocycles. The summed E-state index contributed by atoms with van der Waals surface area (Å²) in [5.74, 6) is 0.721. The van der Waals surface area contributed by atoms with Gasteiger partial charge in [0.2, 0.25) is 5.91 Å². The summed E-state index contributed by atoms with van der Waals surface area (Å²) in [5, 5.41) is 3.76. The smallest absolute Gasteiger partial charge is 0.254 e. The molecule has 9 heteroatoms. The fourth-order valence-electron chi connectivity index (χ4n) is 3.98. The Morgan fingerprint density at radius 1 is 1.09 bits per heavy atom. The Kier molecular flexibility index (Phi) is 8.56. The quantitative estimate of drug-likeness (QED) is 0.342. The number of hydrogen-bond acceptors (Lipinski definition) is 6. The van der Waals surface area contributed by atoms with Gasteiger partial charge in [0.15, 0.2) is 5.16 Å². The predicted octanol–water partition coefficient (Wildman–Crippen LogP) is 2.77. The van der Waals surface area contributed by atoms with Gasteiger partial charge in [0.05, 0.1) is 17.6 Å². The van der Waals surface area contributed by atoms with Crippen LogP contribution in [0.4, 0.5) is 0 Å². The maximum absolute atomic E-state index is 13.3. The highest BCUT2D eigenvalue weighted by Crippen LogP contribution is 2.25.